The van der Waals surface area contributed by atoms with Gasteiger partial charge in [0.15, 0.2) is 5.78 Å². The van der Waals surface area contributed by atoms with Crippen LogP contribution in [0, 0.1) is 0 Å². The molecule has 1 heterocycles. The summed E-state index contributed by atoms with van der Waals surface area (Å²) in [6.45, 7) is 8.80. The average Bonchev–Trinajstić information content (AvgIpc) is 2.48. The molecule has 102 valence electrons. The molecule has 0 spiro atoms. The zero-order valence-corrected chi connectivity index (χ0v) is 11.5. The number of rotatable bonds is 5. The van der Waals surface area contributed by atoms with Crippen LogP contribution in [-0.2, 0) is 11.2 Å². The van der Waals surface area contributed by atoms with Gasteiger partial charge < -0.3 is 4.74 Å². The van der Waals surface area contributed by atoms with Gasteiger partial charge in [-0.3, -0.25) is 9.69 Å². The number of Topliss-reactive ketones (excluding diaryl/α,β-unsaturated/α-hetero) is 1. The predicted molar refractivity (Wildman–Crippen MR) is 76.5 cm³/mol. The number of ketones is 1. The average molecular weight is 259 g/mol. The molecule has 1 unspecified atom stereocenters. The van der Waals surface area contributed by atoms with Crippen molar-refractivity contribution >= 4 is 5.78 Å². The van der Waals surface area contributed by atoms with Gasteiger partial charge >= 0.3 is 0 Å². The molecular weight excluding hydrogens is 238 g/mol. The van der Waals surface area contributed by atoms with Crippen molar-refractivity contribution in [2.24, 2.45) is 0 Å². The van der Waals surface area contributed by atoms with Crippen LogP contribution in [0.2, 0.25) is 0 Å². The standard InChI is InChI=1S/C16H21NO2/c1-3-4-14-5-7-15(8-6-14)16(18)13(2)17-9-11-19-12-10-17/h3,5-8,13H,1,4,9-12H2,2H3. The van der Waals surface area contributed by atoms with Crippen LogP contribution in [-0.4, -0.2) is 43.0 Å². The van der Waals surface area contributed by atoms with E-state index in [1.54, 1.807) is 0 Å². The summed E-state index contributed by atoms with van der Waals surface area (Å²) in [4.78, 5) is 14.6. The van der Waals surface area contributed by atoms with E-state index in [-0.39, 0.29) is 11.8 Å². The van der Waals surface area contributed by atoms with Gasteiger partial charge in [0, 0.05) is 18.7 Å². The zero-order valence-electron chi connectivity index (χ0n) is 11.5. The highest BCUT2D eigenvalue weighted by Gasteiger charge is 2.23. The van der Waals surface area contributed by atoms with Crippen molar-refractivity contribution in [2.75, 3.05) is 26.3 Å². The fourth-order valence-corrected chi connectivity index (χ4v) is 2.34. The molecule has 0 aliphatic carbocycles. The Morgan fingerprint density at radius 1 is 1.37 bits per heavy atom. The van der Waals surface area contributed by atoms with E-state index in [1.807, 2.05) is 37.3 Å². The van der Waals surface area contributed by atoms with Crippen LogP contribution in [0.15, 0.2) is 36.9 Å². The third-order valence-electron chi connectivity index (χ3n) is 3.59. The first-order chi connectivity index (χ1) is 9.22. The Kier molecular flexibility index (Phi) is 4.88. The molecule has 1 aromatic carbocycles. The van der Waals surface area contributed by atoms with Gasteiger partial charge in [-0.2, -0.15) is 0 Å². The molecule has 3 heteroatoms. The molecule has 0 aromatic heterocycles. The maximum absolute atomic E-state index is 12.4. The number of allylic oxidation sites excluding steroid dienone is 1. The number of morpholine rings is 1. The van der Waals surface area contributed by atoms with Crippen molar-refractivity contribution in [1.29, 1.82) is 0 Å². The van der Waals surface area contributed by atoms with Crippen LogP contribution < -0.4 is 0 Å². The Balaban J connectivity index is 2.03. The van der Waals surface area contributed by atoms with Crippen LogP contribution in [0.1, 0.15) is 22.8 Å². The normalized spacial score (nSPS) is 17.9. The maximum atomic E-state index is 12.4. The van der Waals surface area contributed by atoms with E-state index in [1.165, 1.54) is 5.56 Å². The monoisotopic (exact) mass is 259 g/mol. The first kappa shape index (κ1) is 14.0. The van der Waals surface area contributed by atoms with Gasteiger partial charge in [-0.15, -0.1) is 6.58 Å². The molecule has 1 atom stereocenters. The summed E-state index contributed by atoms with van der Waals surface area (Å²) in [6.07, 6.45) is 2.71. The van der Waals surface area contributed by atoms with Crippen molar-refractivity contribution < 1.29 is 9.53 Å². The topological polar surface area (TPSA) is 29.5 Å². The van der Waals surface area contributed by atoms with E-state index in [4.69, 9.17) is 4.74 Å². The molecule has 0 radical (unpaired) electrons. The minimum Gasteiger partial charge on any atom is -0.379 e. The number of hydrogen-bond acceptors (Lipinski definition) is 3. The molecule has 0 N–H and O–H groups in total. The molecule has 1 saturated heterocycles. The molecule has 1 aromatic rings. The van der Waals surface area contributed by atoms with Gasteiger partial charge in [-0.1, -0.05) is 30.3 Å². The Bertz CT molecular complexity index is 433. The highest BCUT2D eigenvalue weighted by molar-refractivity contribution is 5.99. The van der Waals surface area contributed by atoms with E-state index in [9.17, 15) is 4.79 Å². The van der Waals surface area contributed by atoms with Crippen LogP contribution in [0.5, 0.6) is 0 Å². The number of nitrogens with zero attached hydrogens (tertiary/aromatic N) is 1. The molecule has 2 rings (SSSR count). The Hall–Kier alpha value is -1.45. The Morgan fingerprint density at radius 2 is 2.00 bits per heavy atom. The summed E-state index contributed by atoms with van der Waals surface area (Å²) in [6, 6.07) is 7.76. The molecular formula is C16H21NO2. The van der Waals surface area contributed by atoms with Crippen LogP contribution in [0.4, 0.5) is 0 Å². The van der Waals surface area contributed by atoms with Crippen molar-refractivity contribution in [2.45, 2.75) is 19.4 Å². The lowest BCUT2D eigenvalue weighted by Gasteiger charge is -2.31. The predicted octanol–water partition coefficient (Wildman–Crippen LogP) is 2.32. The molecule has 1 fully saturated rings. The Morgan fingerprint density at radius 3 is 2.58 bits per heavy atom. The van der Waals surface area contributed by atoms with Gasteiger partial charge in [0.2, 0.25) is 0 Å². The van der Waals surface area contributed by atoms with Gasteiger partial charge in [-0.25, -0.2) is 0 Å². The SMILES string of the molecule is C=CCc1ccc(C(=O)C(C)N2CCOCC2)cc1. The number of hydrogen-bond donors (Lipinski definition) is 0. The van der Waals surface area contributed by atoms with Crippen molar-refractivity contribution in [1.82, 2.24) is 4.90 Å². The highest BCUT2D eigenvalue weighted by atomic mass is 16.5. The largest absolute Gasteiger partial charge is 0.379 e. The lowest BCUT2D eigenvalue weighted by atomic mass is 10.0. The quantitative estimate of drug-likeness (QED) is 0.600. The van der Waals surface area contributed by atoms with Gasteiger partial charge in [0.05, 0.1) is 19.3 Å². The minimum absolute atomic E-state index is 0.0749. The first-order valence-electron chi connectivity index (χ1n) is 6.78. The molecule has 1 aliphatic heterocycles. The number of benzene rings is 1. The van der Waals surface area contributed by atoms with E-state index in [2.05, 4.69) is 11.5 Å². The van der Waals surface area contributed by atoms with E-state index < -0.39 is 0 Å². The summed E-state index contributed by atoms with van der Waals surface area (Å²) in [5, 5.41) is 0. The van der Waals surface area contributed by atoms with Crippen molar-refractivity contribution in [3.05, 3.63) is 48.0 Å². The number of carbonyl (C=O) groups is 1. The van der Waals surface area contributed by atoms with E-state index in [0.29, 0.717) is 0 Å². The van der Waals surface area contributed by atoms with Crippen LogP contribution in [0.3, 0.4) is 0 Å². The summed E-state index contributed by atoms with van der Waals surface area (Å²) in [7, 11) is 0. The molecule has 3 nitrogen and oxygen atoms in total. The summed E-state index contributed by atoms with van der Waals surface area (Å²) < 4.78 is 5.32. The fourth-order valence-electron chi connectivity index (χ4n) is 2.34. The number of carbonyl (C=O) groups excluding carboxylic acids is 1. The summed E-state index contributed by atoms with van der Waals surface area (Å²) in [5.74, 6) is 0.187. The van der Waals surface area contributed by atoms with Crippen molar-refractivity contribution in [3.8, 4) is 0 Å². The van der Waals surface area contributed by atoms with E-state index in [0.717, 1.165) is 38.3 Å². The highest BCUT2D eigenvalue weighted by Crippen LogP contribution is 2.12. The third-order valence-corrected chi connectivity index (χ3v) is 3.59. The minimum atomic E-state index is -0.0749. The first-order valence-corrected chi connectivity index (χ1v) is 6.78. The molecule has 19 heavy (non-hydrogen) atoms. The maximum Gasteiger partial charge on any atom is 0.179 e. The second kappa shape index (κ2) is 6.64. The second-order valence-electron chi connectivity index (χ2n) is 4.88. The lowest BCUT2D eigenvalue weighted by molar-refractivity contribution is 0.0208. The van der Waals surface area contributed by atoms with Gasteiger partial charge in [0.1, 0.15) is 0 Å². The summed E-state index contributed by atoms with van der Waals surface area (Å²) >= 11 is 0. The summed E-state index contributed by atoms with van der Waals surface area (Å²) in [5.41, 5.74) is 1.97. The van der Waals surface area contributed by atoms with Gasteiger partial charge in [0.25, 0.3) is 0 Å². The molecule has 0 amide bonds. The molecule has 0 saturated carbocycles. The van der Waals surface area contributed by atoms with Crippen LogP contribution >= 0.6 is 0 Å². The fraction of sp³-hybridized carbons (Fsp3) is 0.438. The number of ether oxygens (including phenoxy) is 1. The molecule has 1 aliphatic rings. The van der Waals surface area contributed by atoms with E-state index >= 15 is 0 Å². The van der Waals surface area contributed by atoms with Crippen molar-refractivity contribution in [3.63, 3.8) is 0 Å². The van der Waals surface area contributed by atoms with Crippen LogP contribution in [0.25, 0.3) is 0 Å². The smallest absolute Gasteiger partial charge is 0.179 e. The lowest BCUT2D eigenvalue weighted by Crippen LogP contribution is -2.45. The second-order valence-corrected chi connectivity index (χ2v) is 4.88. The third kappa shape index (κ3) is 3.52. The Labute approximate surface area is 114 Å². The molecule has 0 bridgehead atoms. The zero-order chi connectivity index (χ0) is 13.7. The van der Waals surface area contributed by atoms with Gasteiger partial charge in [-0.05, 0) is 18.9 Å².